The van der Waals surface area contributed by atoms with Crippen LogP contribution >= 0.6 is 0 Å². The Hall–Kier alpha value is -1.42. The van der Waals surface area contributed by atoms with E-state index in [9.17, 15) is 0 Å². The highest BCUT2D eigenvalue weighted by molar-refractivity contribution is 5.73. The van der Waals surface area contributed by atoms with Crippen LogP contribution in [0.25, 0.3) is 11.0 Å². The van der Waals surface area contributed by atoms with E-state index < -0.39 is 0 Å². The quantitative estimate of drug-likeness (QED) is 0.615. The van der Waals surface area contributed by atoms with Gasteiger partial charge in [0.15, 0.2) is 5.65 Å². The van der Waals surface area contributed by atoms with Crippen molar-refractivity contribution < 1.29 is 0 Å². The molecular formula is C7H8N4. The molecule has 2 rings (SSSR count). The molecule has 2 heterocycles. The Morgan fingerprint density at radius 1 is 1.45 bits per heavy atom. The van der Waals surface area contributed by atoms with Gasteiger partial charge in [-0.2, -0.15) is 5.10 Å². The lowest BCUT2D eigenvalue weighted by Crippen LogP contribution is -1.96. The fourth-order valence-corrected chi connectivity index (χ4v) is 0.994. The van der Waals surface area contributed by atoms with Crippen LogP contribution in [-0.4, -0.2) is 15.2 Å². The fraction of sp³-hybridized carbons (Fsp3) is 0.143. The summed E-state index contributed by atoms with van der Waals surface area (Å²) in [7, 11) is 0. The van der Waals surface area contributed by atoms with Crippen LogP contribution in [-0.2, 0) is 6.54 Å². The highest BCUT2D eigenvalue weighted by atomic mass is 15.1. The Labute approximate surface area is 63.4 Å². The number of nitrogens with zero attached hydrogens (tertiary/aromatic N) is 2. The molecule has 0 radical (unpaired) electrons. The molecule has 0 aliphatic rings. The summed E-state index contributed by atoms with van der Waals surface area (Å²) in [5, 5.41) is 7.62. The Balaban J connectivity index is 2.67. The van der Waals surface area contributed by atoms with E-state index in [-0.39, 0.29) is 0 Å². The van der Waals surface area contributed by atoms with Gasteiger partial charge in [-0.15, -0.1) is 0 Å². The van der Waals surface area contributed by atoms with Gasteiger partial charge in [0.25, 0.3) is 0 Å². The second kappa shape index (κ2) is 2.32. The molecule has 0 aliphatic carbocycles. The minimum atomic E-state index is 0.522. The van der Waals surface area contributed by atoms with E-state index in [0.29, 0.717) is 6.54 Å². The van der Waals surface area contributed by atoms with E-state index in [1.165, 1.54) is 0 Å². The monoisotopic (exact) mass is 148 g/mol. The Bertz CT molecular complexity index is 365. The molecule has 0 amide bonds. The van der Waals surface area contributed by atoms with E-state index in [0.717, 1.165) is 16.6 Å². The molecule has 3 N–H and O–H groups in total. The second-order valence-corrected chi connectivity index (χ2v) is 2.36. The number of aromatic nitrogens is 3. The normalized spacial score (nSPS) is 10.6. The maximum Gasteiger partial charge on any atom is 0.155 e. The van der Waals surface area contributed by atoms with Crippen LogP contribution in [0, 0.1) is 0 Å². The first kappa shape index (κ1) is 6.30. The summed E-state index contributed by atoms with van der Waals surface area (Å²) in [5.74, 6) is 0. The van der Waals surface area contributed by atoms with E-state index in [1.807, 2.05) is 6.07 Å². The van der Waals surface area contributed by atoms with Crippen molar-refractivity contribution in [1.82, 2.24) is 15.2 Å². The van der Waals surface area contributed by atoms with Crippen molar-refractivity contribution in [2.45, 2.75) is 6.54 Å². The summed E-state index contributed by atoms with van der Waals surface area (Å²) in [6.45, 7) is 0.522. The van der Waals surface area contributed by atoms with Gasteiger partial charge in [0, 0.05) is 18.1 Å². The molecule has 0 aliphatic heterocycles. The van der Waals surface area contributed by atoms with Gasteiger partial charge in [-0.1, -0.05) is 0 Å². The third-order valence-corrected chi connectivity index (χ3v) is 1.58. The smallest absolute Gasteiger partial charge is 0.155 e. The molecule has 11 heavy (non-hydrogen) atoms. The van der Waals surface area contributed by atoms with Gasteiger partial charge in [-0.3, -0.25) is 5.10 Å². The molecule has 4 nitrogen and oxygen atoms in total. The maximum absolute atomic E-state index is 5.44. The number of nitrogens with one attached hydrogen (secondary N) is 1. The SMILES string of the molecule is NCc1cnc2[nH]ncc2c1. The molecule has 0 saturated heterocycles. The van der Waals surface area contributed by atoms with Gasteiger partial charge in [0.2, 0.25) is 0 Å². The largest absolute Gasteiger partial charge is 0.326 e. The van der Waals surface area contributed by atoms with Crippen LogP contribution in [0.5, 0.6) is 0 Å². The molecule has 0 spiro atoms. The molecule has 2 aromatic rings. The highest BCUT2D eigenvalue weighted by Crippen LogP contribution is 2.08. The summed E-state index contributed by atoms with van der Waals surface area (Å²) >= 11 is 0. The van der Waals surface area contributed by atoms with Crippen LogP contribution < -0.4 is 5.73 Å². The number of pyridine rings is 1. The van der Waals surface area contributed by atoms with Crippen molar-refractivity contribution in [3.63, 3.8) is 0 Å². The fourth-order valence-electron chi connectivity index (χ4n) is 0.994. The van der Waals surface area contributed by atoms with E-state index in [2.05, 4.69) is 15.2 Å². The van der Waals surface area contributed by atoms with Gasteiger partial charge in [0.05, 0.1) is 6.20 Å². The van der Waals surface area contributed by atoms with E-state index in [1.54, 1.807) is 12.4 Å². The standard InChI is InChI=1S/C7H8N4/c8-2-5-1-6-4-10-11-7(6)9-3-5/h1,3-4H,2,8H2,(H,9,10,11). The first-order valence-corrected chi connectivity index (χ1v) is 3.38. The van der Waals surface area contributed by atoms with Crippen molar-refractivity contribution in [1.29, 1.82) is 0 Å². The van der Waals surface area contributed by atoms with Crippen molar-refractivity contribution in [2.24, 2.45) is 5.73 Å². The molecule has 0 saturated carbocycles. The van der Waals surface area contributed by atoms with Gasteiger partial charge in [0.1, 0.15) is 0 Å². The molecule has 0 atom stereocenters. The molecule has 4 heteroatoms. The topological polar surface area (TPSA) is 67.6 Å². The Kier molecular flexibility index (Phi) is 1.33. The third kappa shape index (κ3) is 0.969. The maximum atomic E-state index is 5.44. The van der Waals surface area contributed by atoms with Crippen LogP contribution in [0.1, 0.15) is 5.56 Å². The van der Waals surface area contributed by atoms with Crippen molar-refractivity contribution in [3.05, 3.63) is 24.0 Å². The van der Waals surface area contributed by atoms with Gasteiger partial charge in [-0.05, 0) is 11.6 Å². The average Bonchev–Trinajstić information content (AvgIpc) is 2.50. The predicted octanol–water partition coefficient (Wildman–Crippen LogP) is 0.417. The predicted molar refractivity (Wildman–Crippen MR) is 41.8 cm³/mol. The molecule has 0 fully saturated rings. The lowest BCUT2D eigenvalue weighted by molar-refractivity contribution is 1.05. The summed E-state index contributed by atoms with van der Waals surface area (Å²) in [6.07, 6.45) is 3.49. The second-order valence-electron chi connectivity index (χ2n) is 2.36. The summed E-state index contributed by atoms with van der Waals surface area (Å²) in [4.78, 5) is 4.11. The number of nitrogens with two attached hydrogens (primary N) is 1. The summed E-state index contributed by atoms with van der Waals surface area (Å²) < 4.78 is 0. The molecule has 2 aromatic heterocycles. The number of H-pyrrole nitrogens is 1. The molecule has 0 bridgehead atoms. The van der Waals surface area contributed by atoms with Gasteiger partial charge < -0.3 is 5.73 Å². The first-order valence-electron chi connectivity index (χ1n) is 3.38. The lowest BCUT2D eigenvalue weighted by atomic mass is 10.2. The molecule has 0 unspecified atom stereocenters. The number of fused-ring (bicyclic) bond motifs is 1. The van der Waals surface area contributed by atoms with Gasteiger partial charge >= 0.3 is 0 Å². The number of aromatic amines is 1. The minimum absolute atomic E-state index is 0.522. The highest BCUT2D eigenvalue weighted by Gasteiger charge is 1.96. The first-order chi connectivity index (χ1) is 5.40. The third-order valence-electron chi connectivity index (χ3n) is 1.58. The molecular weight excluding hydrogens is 140 g/mol. The zero-order valence-corrected chi connectivity index (χ0v) is 5.91. The summed E-state index contributed by atoms with van der Waals surface area (Å²) in [5.41, 5.74) is 7.27. The minimum Gasteiger partial charge on any atom is -0.326 e. The van der Waals surface area contributed by atoms with Crippen LogP contribution in [0.2, 0.25) is 0 Å². The number of rotatable bonds is 1. The zero-order valence-electron chi connectivity index (χ0n) is 5.91. The van der Waals surface area contributed by atoms with E-state index >= 15 is 0 Å². The number of hydrogen-bond acceptors (Lipinski definition) is 3. The lowest BCUT2D eigenvalue weighted by Gasteiger charge is -1.93. The molecule has 0 aromatic carbocycles. The van der Waals surface area contributed by atoms with Crippen LogP contribution in [0.15, 0.2) is 18.5 Å². The zero-order chi connectivity index (χ0) is 7.68. The van der Waals surface area contributed by atoms with Crippen molar-refractivity contribution >= 4 is 11.0 Å². The molecule has 56 valence electrons. The van der Waals surface area contributed by atoms with Crippen molar-refractivity contribution in [3.8, 4) is 0 Å². The van der Waals surface area contributed by atoms with Crippen molar-refractivity contribution in [2.75, 3.05) is 0 Å². The Morgan fingerprint density at radius 3 is 3.18 bits per heavy atom. The van der Waals surface area contributed by atoms with E-state index in [4.69, 9.17) is 5.73 Å². The number of hydrogen-bond donors (Lipinski definition) is 2. The Morgan fingerprint density at radius 2 is 2.36 bits per heavy atom. The van der Waals surface area contributed by atoms with Crippen LogP contribution in [0.3, 0.4) is 0 Å². The van der Waals surface area contributed by atoms with Crippen LogP contribution in [0.4, 0.5) is 0 Å². The summed E-state index contributed by atoms with van der Waals surface area (Å²) in [6, 6.07) is 1.98. The van der Waals surface area contributed by atoms with Gasteiger partial charge in [-0.25, -0.2) is 4.98 Å². The average molecular weight is 148 g/mol.